The minimum atomic E-state index is -0.137. The first-order valence-electron chi connectivity index (χ1n) is 6.81. The highest BCUT2D eigenvalue weighted by atomic mass is 16.1. The number of carbonyl (C=O) groups is 1. The molecule has 0 spiro atoms. The van der Waals surface area contributed by atoms with E-state index < -0.39 is 0 Å². The quantitative estimate of drug-likeness (QED) is 0.893. The van der Waals surface area contributed by atoms with Gasteiger partial charge >= 0.3 is 0 Å². The van der Waals surface area contributed by atoms with Crippen molar-refractivity contribution < 1.29 is 4.79 Å². The lowest BCUT2D eigenvalue weighted by molar-refractivity contribution is 0.0931. The van der Waals surface area contributed by atoms with E-state index in [9.17, 15) is 4.79 Å². The lowest BCUT2D eigenvalue weighted by Crippen LogP contribution is -2.28. The highest BCUT2D eigenvalue weighted by Gasteiger charge is 2.24. The Balaban J connectivity index is 1.77. The smallest absolute Gasteiger partial charge is 0.270 e. The third kappa shape index (κ3) is 2.42. The molecule has 1 atom stereocenters. The van der Waals surface area contributed by atoms with Crippen LogP contribution in [0.15, 0.2) is 42.6 Å². The first-order chi connectivity index (χ1) is 9.78. The number of benzene rings is 1. The molecule has 0 bridgehead atoms. The SMILES string of the molecule is NCc1ccnc(C(=O)N[C@H]2CCc3ccccc32)c1. The third-order valence-electron chi connectivity index (χ3n) is 3.73. The first-order valence-corrected chi connectivity index (χ1v) is 6.81. The van der Waals surface area contributed by atoms with Gasteiger partial charge in [-0.25, -0.2) is 0 Å². The minimum Gasteiger partial charge on any atom is -0.344 e. The van der Waals surface area contributed by atoms with Crippen LogP contribution in [-0.4, -0.2) is 10.9 Å². The van der Waals surface area contributed by atoms with E-state index in [1.54, 1.807) is 12.3 Å². The second-order valence-electron chi connectivity index (χ2n) is 5.02. The number of pyridine rings is 1. The normalized spacial score (nSPS) is 16.8. The zero-order valence-corrected chi connectivity index (χ0v) is 11.2. The molecule has 0 saturated heterocycles. The summed E-state index contributed by atoms with van der Waals surface area (Å²) in [4.78, 5) is 16.4. The molecule has 0 fully saturated rings. The van der Waals surface area contributed by atoms with E-state index in [0.29, 0.717) is 12.2 Å². The molecule has 3 N–H and O–H groups in total. The lowest BCUT2D eigenvalue weighted by Gasteiger charge is -2.14. The number of nitrogens with zero attached hydrogens (tertiary/aromatic N) is 1. The Kier molecular flexibility index (Phi) is 3.48. The molecular formula is C16H17N3O. The molecule has 102 valence electrons. The zero-order valence-electron chi connectivity index (χ0n) is 11.2. The molecular weight excluding hydrogens is 250 g/mol. The molecule has 0 unspecified atom stereocenters. The summed E-state index contributed by atoms with van der Waals surface area (Å²) >= 11 is 0. The van der Waals surface area contributed by atoms with Crippen LogP contribution in [0.1, 0.15) is 39.6 Å². The first kappa shape index (κ1) is 12.8. The van der Waals surface area contributed by atoms with Crippen LogP contribution in [0.3, 0.4) is 0 Å². The van der Waals surface area contributed by atoms with Crippen molar-refractivity contribution in [2.75, 3.05) is 0 Å². The molecule has 1 amide bonds. The van der Waals surface area contributed by atoms with Gasteiger partial charge in [-0.2, -0.15) is 0 Å². The summed E-state index contributed by atoms with van der Waals surface area (Å²) in [5, 5.41) is 3.06. The van der Waals surface area contributed by atoms with Crippen LogP contribution in [0.5, 0.6) is 0 Å². The largest absolute Gasteiger partial charge is 0.344 e. The molecule has 3 rings (SSSR count). The highest BCUT2D eigenvalue weighted by molar-refractivity contribution is 5.92. The molecule has 1 heterocycles. The number of aromatic nitrogens is 1. The number of amides is 1. The number of carbonyl (C=O) groups excluding carboxylic acids is 1. The molecule has 1 aromatic carbocycles. The number of hydrogen-bond acceptors (Lipinski definition) is 3. The van der Waals surface area contributed by atoms with Gasteiger partial charge in [-0.3, -0.25) is 9.78 Å². The predicted molar refractivity (Wildman–Crippen MR) is 77.1 cm³/mol. The van der Waals surface area contributed by atoms with Crippen LogP contribution in [0, 0.1) is 0 Å². The standard InChI is InChI=1S/C16H17N3O/c17-10-11-7-8-18-15(9-11)16(20)19-14-6-5-12-3-1-2-4-13(12)14/h1-4,7-9,14H,5-6,10,17H2,(H,19,20)/t14-/m0/s1. The van der Waals surface area contributed by atoms with Crippen molar-refractivity contribution in [3.8, 4) is 0 Å². The average molecular weight is 267 g/mol. The van der Waals surface area contributed by atoms with Crippen LogP contribution >= 0.6 is 0 Å². The molecule has 4 heteroatoms. The number of nitrogens with two attached hydrogens (primary N) is 1. The van der Waals surface area contributed by atoms with Gasteiger partial charge in [-0.1, -0.05) is 24.3 Å². The van der Waals surface area contributed by atoms with Gasteiger partial charge < -0.3 is 11.1 Å². The van der Waals surface area contributed by atoms with Crippen LogP contribution in [0.25, 0.3) is 0 Å². The van der Waals surface area contributed by atoms with Gasteiger partial charge in [0.1, 0.15) is 5.69 Å². The van der Waals surface area contributed by atoms with Gasteiger partial charge in [0.05, 0.1) is 6.04 Å². The fourth-order valence-electron chi connectivity index (χ4n) is 2.66. The van der Waals surface area contributed by atoms with Crippen LogP contribution < -0.4 is 11.1 Å². The molecule has 2 aromatic rings. The van der Waals surface area contributed by atoms with Crippen molar-refractivity contribution in [2.45, 2.75) is 25.4 Å². The van der Waals surface area contributed by atoms with Crippen LogP contribution in [-0.2, 0) is 13.0 Å². The van der Waals surface area contributed by atoms with Gasteiger partial charge in [-0.05, 0) is 41.7 Å². The molecule has 1 aromatic heterocycles. The van der Waals surface area contributed by atoms with Crippen molar-refractivity contribution in [3.63, 3.8) is 0 Å². The number of fused-ring (bicyclic) bond motifs is 1. The highest BCUT2D eigenvalue weighted by Crippen LogP contribution is 2.30. The summed E-state index contributed by atoms with van der Waals surface area (Å²) in [5.41, 5.74) is 9.47. The number of rotatable bonds is 3. The molecule has 1 aliphatic rings. The van der Waals surface area contributed by atoms with Crippen LogP contribution in [0.2, 0.25) is 0 Å². The monoisotopic (exact) mass is 267 g/mol. The van der Waals surface area contributed by atoms with Gasteiger partial charge in [0.2, 0.25) is 0 Å². The Morgan fingerprint density at radius 1 is 1.35 bits per heavy atom. The Bertz CT molecular complexity index is 639. The Hall–Kier alpha value is -2.20. The van der Waals surface area contributed by atoms with Gasteiger partial charge in [-0.15, -0.1) is 0 Å². The van der Waals surface area contributed by atoms with Crippen molar-refractivity contribution in [3.05, 3.63) is 65.0 Å². The summed E-state index contributed by atoms with van der Waals surface area (Å²) in [6.07, 6.45) is 3.58. The van der Waals surface area contributed by atoms with Gasteiger partial charge in [0.15, 0.2) is 0 Å². The van der Waals surface area contributed by atoms with Crippen molar-refractivity contribution >= 4 is 5.91 Å². The fourth-order valence-corrected chi connectivity index (χ4v) is 2.66. The summed E-state index contributed by atoms with van der Waals surface area (Å²) < 4.78 is 0. The predicted octanol–water partition coefficient (Wildman–Crippen LogP) is 1.96. The van der Waals surface area contributed by atoms with E-state index in [1.165, 1.54) is 11.1 Å². The van der Waals surface area contributed by atoms with Gasteiger partial charge in [0, 0.05) is 12.7 Å². The lowest BCUT2D eigenvalue weighted by atomic mass is 10.1. The number of nitrogens with one attached hydrogen (secondary N) is 1. The maximum atomic E-state index is 12.3. The second kappa shape index (κ2) is 5.43. The molecule has 1 aliphatic carbocycles. The third-order valence-corrected chi connectivity index (χ3v) is 3.73. The average Bonchev–Trinajstić information content (AvgIpc) is 2.90. The zero-order chi connectivity index (χ0) is 13.9. The van der Waals surface area contributed by atoms with E-state index in [4.69, 9.17) is 5.73 Å². The minimum absolute atomic E-state index is 0.0852. The van der Waals surface area contributed by atoms with Gasteiger partial charge in [0.25, 0.3) is 5.91 Å². The summed E-state index contributed by atoms with van der Waals surface area (Å²) in [6, 6.07) is 11.9. The molecule has 0 saturated carbocycles. The van der Waals surface area contributed by atoms with Crippen LogP contribution in [0.4, 0.5) is 0 Å². The molecule has 0 radical (unpaired) electrons. The van der Waals surface area contributed by atoms with Crippen molar-refractivity contribution in [1.29, 1.82) is 0 Å². The number of aryl methyl sites for hydroxylation is 1. The molecule has 4 nitrogen and oxygen atoms in total. The Morgan fingerprint density at radius 3 is 3.05 bits per heavy atom. The molecule has 20 heavy (non-hydrogen) atoms. The number of hydrogen-bond donors (Lipinski definition) is 2. The Morgan fingerprint density at radius 2 is 2.20 bits per heavy atom. The van der Waals surface area contributed by atoms with Crippen molar-refractivity contribution in [1.82, 2.24) is 10.3 Å². The van der Waals surface area contributed by atoms with E-state index in [-0.39, 0.29) is 11.9 Å². The maximum Gasteiger partial charge on any atom is 0.270 e. The maximum absolute atomic E-state index is 12.3. The van der Waals surface area contributed by atoms with E-state index >= 15 is 0 Å². The summed E-state index contributed by atoms with van der Waals surface area (Å²) in [7, 11) is 0. The second-order valence-corrected chi connectivity index (χ2v) is 5.02. The summed E-state index contributed by atoms with van der Waals surface area (Å²) in [5.74, 6) is -0.137. The summed E-state index contributed by atoms with van der Waals surface area (Å²) in [6.45, 7) is 0.412. The fraction of sp³-hybridized carbons (Fsp3) is 0.250. The van der Waals surface area contributed by atoms with E-state index in [1.807, 2.05) is 18.2 Å². The molecule has 0 aliphatic heterocycles. The van der Waals surface area contributed by atoms with E-state index in [2.05, 4.69) is 22.4 Å². The van der Waals surface area contributed by atoms with E-state index in [0.717, 1.165) is 18.4 Å². The Labute approximate surface area is 118 Å². The topological polar surface area (TPSA) is 68.0 Å². The van der Waals surface area contributed by atoms with Crippen molar-refractivity contribution in [2.24, 2.45) is 5.73 Å².